The Morgan fingerprint density at radius 1 is 0.551 bits per heavy atom. The number of ether oxygens (including phenoxy) is 1. The number of fused-ring (bicyclic) bond motifs is 2. The molecule has 3 saturated heterocycles. The maximum absolute atomic E-state index is 15.6. The highest BCUT2D eigenvalue weighted by Gasteiger charge is 2.50. The minimum atomic E-state index is -4.41. The van der Waals surface area contributed by atoms with Crippen molar-refractivity contribution < 1.29 is 71.0 Å². The molecule has 0 saturated carbocycles. The van der Waals surface area contributed by atoms with Crippen LogP contribution in [0.4, 0.5) is 0 Å². The van der Waals surface area contributed by atoms with E-state index < -0.39 is 182 Å². The van der Waals surface area contributed by atoms with Crippen molar-refractivity contribution in [2.45, 2.75) is 247 Å². The summed E-state index contributed by atoms with van der Waals surface area (Å²) in [5.74, 6) is -11.9. The molecular formula is C70H124N12O15S. The average Bonchev–Trinajstić information content (AvgIpc) is 0.890. The molecule has 28 heteroatoms. The van der Waals surface area contributed by atoms with Gasteiger partial charge in [0.25, 0.3) is 0 Å². The van der Waals surface area contributed by atoms with E-state index >= 15 is 42.0 Å². The number of carbonyl (C=O) groups excluding carboxylic acids is 11. The Balaban J connectivity index is 2.45. The maximum atomic E-state index is 15.6. The third kappa shape index (κ3) is 21.2. The van der Waals surface area contributed by atoms with Crippen LogP contribution in [0.25, 0.3) is 0 Å². The zero-order chi connectivity index (χ0) is 75.2. The fourth-order valence-corrected chi connectivity index (χ4v) is 15.1. The van der Waals surface area contributed by atoms with E-state index in [0.717, 1.165) is 14.7 Å². The van der Waals surface area contributed by atoms with Crippen LogP contribution < -0.4 is 16.0 Å². The summed E-state index contributed by atoms with van der Waals surface area (Å²) < 4.78 is 34.1. The molecule has 3 aliphatic heterocycles. The van der Waals surface area contributed by atoms with Crippen LogP contribution in [0, 0.1) is 35.5 Å². The van der Waals surface area contributed by atoms with Gasteiger partial charge in [-0.2, -0.15) is 0 Å². The first-order valence-electron chi connectivity index (χ1n) is 35.2. The van der Waals surface area contributed by atoms with Crippen molar-refractivity contribution in [1.82, 2.24) is 60.0 Å². The normalized spacial score (nSPS) is 28.4. The number of aliphatic hydroxyl groups excluding tert-OH is 1. The second kappa shape index (κ2) is 36.9. The molecule has 98 heavy (non-hydrogen) atoms. The summed E-state index contributed by atoms with van der Waals surface area (Å²) >= 11 is 0. The van der Waals surface area contributed by atoms with Gasteiger partial charge in [-0.05, 0) is 116 Å². The Morgan fingerprint density at radius 3 is 1.51 bits per heavy atom. The predicted molar refractivity (Wildman–Crippen MR) is 376 cm³/mol. The molecule has 1 unspecified atom stereocenters. The van der Waals surface area contributed by atoms with Crippen molar-refractivity contribution >= 4 is 74.8 Å². The highest BCUT2D eigenvalue weighted by molar-refractivity contribution is 7.92. The van der Waals surface area contributed by atoms with Gasteiger partial charge in [-0.3, -0.25) is 57.6 Å². The molecule has 3 heterocycles. The molecule has 14 atom stereocenters. The number of sulfone groups is 1. The minimum absolute atomic E-state index is 0.0134. The van der Waals surface area contributed by atoms with E-state index in [1.807, 2.05) is 32.6 Å². The molecule has 3 fully saturated rings. The fourth-order valence-electron chi connectivity index (χ4n) is 13.5. The summed E-state index contributed by atoms with van der Waals surface area (Å²) in [4.78, 5) is 177. The fraction of sp³-hybridized carbons (Fsp3) is 0.814. The zero-order valence-electron chi connectivity index (χ0n) is 63.7. The summed E-state index contributed by atoms with van der Waals surface area (Å²) in [5, 5.41) is 20.7. The van der Waals surface area contributed by atoms with Gasteiger partial charge in [-0.1, -0.05) is 95.2 Å². The standard InChI is InChI=1S/C70H124N12O15S/c1-26-28-29-45(13)58(83)57-61(86)72-49(27-2)63(88)78(23)54(38-98(95,96)70(17,18)39-81-30-32-97-33-31-81)66(91)74(19)50(34-40(3)4)60(85)73-55(43(9)10)68(93)77(22)53-37-46(14)82(67(53)92)48(16)59(84)71-47(15)62(87)75(20)51(35-41(5)6)64(89)76(21)52(36-42(7)8)65(90)79(24)56(44(11)12)69(94)80(57)25/h26,28,40-58,83H,27,29-39H2,1-25H3,(H,71,84)(H,72,86)(H,73,85)/b28-26+/t45-,46?,47-,48+,49+,50+,51+,52+,53+,54-,55+,56+,57+,58-/m1/s1. The van der Waals surface area contributed by atoms with Crippen molar-refractivity contribution in [3.63, 3.8) is 0 Å². The number of aliphatic hydroxyl groups is 1. The summed E-state index contributed by atoms with van der Waals surface area (Å²) in [6, 6.07) is -15.7. The molecule has 3 rings (SSSR count). The van der Waals surface area contributed by atoms with Crippen molar-refractivity contribution in [2.24, 2.45) is 35.5 Å². The minimum Gasteiger partial charge on any atom is -0.390 e. The number of nitrogens with zero attached hydrogens (tertiary/aromatic N) is 9. The number of allylic oxidation sites excluding steroid dienone is 2. The van der Waals surface area contributed by atoms with Gasteiger partial charge in [0, 0.05) is 75.0 Å². The first kappa shape index (κ1) is 86.0. The number of morpholine rings is 1. The van der Waals surface area contributed by atoms with E-state index in [2.05, 4.69) is 16.0 Å². The molecule has 0 aliphatic carbocycles. The molecule has 0 radical (unpaired) electrons. The van der Waals surface area contributed by atoms with Crippen LogP contribution in [0.1, 0.15) is 163 Å². The van der Waals surface area contributed by atoms with Gasteiger partial charge in [0.15, 0.2) is 9.84 Å². The van der Waals surface area contributed by atoms with Gasteiger partial charge < -0.3 is 65.0 Å². The summed E-state index contributed by atoms with van der Waals surface area (Å²) in [6.45, 7) is 32.2. The highest BCUT2D eigenvalue weighted by Crippen LogP contribution is 2.30. The van der Waals surface area contributed by atoms with Gasteiger partial charge in [0.05, 0.1) is 29.8 Å². The monoisotopic (exact) mass is 1400 g/mol. The van der Waals surface area contributed by atoms with Crippen LogP contribution in [-0.4, -0.2) is 294 Å². The second-order valence-corrected chi connectivity index (χ2v) is 33.1. The van der Waals surface area contributed by atoms with E-state index in [1.54, 1.807) is 81.4 Å². The van der Waals surface area contributed by atoms with E-state index in [4.69, 9.17) is 4.74 Å². The van der Waals surface area contributed by atoms with Gasteiger partial charge in [-0.25, -0.2) is 8.42 Å². The zero-order valence-corrected chi connectivity index (χ0v) is 64.5. The Bertz CT molecular complexity index is 2940. The summed E-state index contributed by atoms with van der Waals surface area (Å²) in [5.41, 5.74) is 0. The number of amides is 11. The molecule has 11 amide bonds. The van der Waals surface area contributed by atoms with Crippen molar-refractivity contribution in [1.29, 1.82) is 0 Å². The Morgan fingerprint density at radius 2 is 1.02 bits per heavy atom. The smallest absolute Gasteiger partial charge is 0.246 e. The van der Waals surface area contributed by atoms with Crippen molar-refractivity contribution in [3.05, 3.63) is 12.2 Å². The molecule has 560 valence electrons. The second-order valence-electron chi connectivity index (χ2n) is 30.4. The lowest BCUT2D eigenvalue weighted by molar-refractivity contribution is -0.157. The van der Waals surface area contributed by atoms with E-state index in [0.29, 0.717) is 26.3 Å². The third-order valence-electron chi connectivity index (χ3n) is 19.9. The number of hydrogen-bond donors (Lipinski definition) is 4. The highest BCUT2D eigenvalue weighted by atomic mass is 32.2. The first-order chi connectivity index (χ1) is 45.3. The SMILES string of the molecule is C/C=C/C[C@@H](C)[C@@H](O)[C@H]1C(=O)N[C@@H](CC)C(=O)N(C)[C@H](CS(=O)(=O)C(C)(C)CN2CCOCC2)C(=O)N(C)[C@@H](CC(C)C)C(=O)N[C@@H](C(C)C)C(=O)N(C)[C@H]2CC(C)N(C2=O)[C@@H](C)C(=O)N[C@H](C)C(=O)N(C)[C@@H](CC(C)C)C(=O)N(C)[C@@H](CC(C)C)C(=O)N(C)[C@@H](C(C)C)C(=O)N1C. The van der Waals surface area contributed by atoms with Crippen LogP contribution in [0.2, 0.25) is 0 Å². The molecule has 0 spiro atoms. The van der Waals surface area contributed by atoms with Crippen LogP contribution in [0.15, 0.2) is 12.2 Å². The molecule has 0 aromatic heterocycles. The van der Waals surface area contributed by atoms with E-state index in [1.165, 1.54) is 102 Å². The maximum Gasteiger partial charge on any atom is 0.246 e. The average molecular weight is 1410 g/mol. The van der Waals surface area contributed by atoms with Crippen molar-refractivity contribution in [3.8, 4) is 0 Å². The molecule has 4 N–H and O–H groups in total. The summed E-state index contributed by atoms with van der Waals surface area (Å²) in [7, 11) is 5.16. The number of likely N-dealkylation sites (N-methyl/N-ethyl adjacent to an activating group) is 7. The number of nitrogens with one attached hydrogen (secondary N) is 3. The quantitative estimate of drug-likeness (QED) is 0.143. The Hall–Kier alpha value is -6.26. The van der Waals surface area contributed by atoms with Gasteiger partial charge in [0.1, 0.15) is 66.5 Å². The van der Waals surface area contributed by atoms with Crippen LogP contribution in [0.5, 0.6) is 0 Å². The number of rotatable bonds is 18. The lowest BCUT2D eigenvalue weighted by Crippen LogP contribution is -2.64. The molecule has 3 aliphatic rings. The van der Waals surface area contributed by atoms with Crippen LogP contribution in [0.3, 0.4) is 0 Å². The Labute approximate surface area is 585 Å². The topological polar surface area (TPSA) is 317 Å². The number of carbonyl (C=O) groups is 11. The van der Waals surface area contributed by atoms with E-state index in [-0.39, 0.29) is 62.8 Å². The largest absolute Gasteiger partial charge is 0.390 e. The molecule has 27 nitrogen and oxygen atoms in total. The van der Waals surface area contributed by atoms with Crippen molar-refractivity contribution in [2.75, 3.05) is 87.9 Å². The molecule has 0 aromatic carbocycles. The van der Waals surface area contributed by atoms with Crippen LogP contribution in [-0.2, 0) is 67.3 Å². The lowest BCUT2D eigenvalue weighted by Gasteiger charge is -2.42. The Kier molecular flexibility index (Phi) is 32.4. The molecule has 2 bridgehead atoms. The van der Waals surface area contributed by atoms with Gasteiger partial charge >= 0.3 is 0 Å². The molecular weight excluding hydrogens is 1280 g/mol. The van der Waals surface area contributed by atoms with Gasteiger partial charge in [-0.15, -0.1) is 0 Å². The summed E-state index contributed by atoms with van der Waals surface area (Å²) in [6.07, 6.45) is 2.32. The first-order valence-corrected chi connectivity index (χ1v) is 36.8. The predicted octanol–water partition coefficient (Wildman–Crippen LogP) is 2.62. The van der Waals surface area contributed by atoms with Crippen LogP contribution >= 0.6 is 0 Å². The number of hydrogen-bond acceptors (Lipinski definition) is 16. The molecule has 0 aromatic rings. The van der Waals surface area contributed by atoms with E-state index in [9.17, 15) is 24.3 Å². The lowest BCUT2D eigenvalue weighted by atomic mass is 9.91. The van der Waals surface area contributed by atoms with Gasteiger partial charge in [0.2, 0.25) is 65.0 Å². The third-order valence-corrected chi connectivity index (χ3v) is 22.5.